The van der Waals surface area contributed by atoms with E-state index in [0.717, 1.165) is 18.7 Å². The minimum absolute atomic E-state index is 0.0811. The van der Waals surface area contributed by atoms with Gasteiger partial charge < -0.3 is 10.0 Å². The van der Waals surface area contributed by atoms with Crippen molar-refractivity contribution in [2.24, 2.45) is 0 Å². The highest BCUT2D eigenvalue weighted by atomic mass is 32.2. The van der Waals surface area contributed by atoms with Gasteiger partial charge in [-0.25, -0.2) is 12.7 Å². The lowest BCUT2D eigenvalue weighted by molar-refractivity contribution is 0.302. The fourth-order valence-electron chi connectivity index (χ4n) is 1.80. The summed E-state index contributed by atoms with van der Waals surface area (Å²) < 4.78 is 25.1. The third-order valence-corrected chi connectivity index (χ3v) is 4.67. The number of benzene rings is 1. The Kier molecular flexibility index (Phi) is 5.78. The average molecular weight is 286 g/mol. The molecular formula is C13H22N2O3S. The van der Waals surface area contributed by atoms with Crippen molar-refractivity contribution in [3.05, 3.63) is 24.3 Å². The minimum Gasteiger partial charge on any atom is -0.395 e. The molecule has 0 spiro atoms. The van der Waals surface area contributed by atoms with Crippen LogP contribution in [-0.4, -0.2) is 51.6 Å². The van der Waals surface area contributed by atoms with Crippen LogP contribution in [0.4, 0.5) is 5.69 Å². The van der Waals surface area contributed by atoms with Gasteiger partial charge in [0, 0.05) is 32.9 Å². The normalized spacial score (nSPS) is 11.8. The molecule has 0 aliphatic heterocycles. The Morgan fingerprint density at radius 2 is 1.68 bits per heavy atom. The predicted octanol–water partition coefficient (Wildman–Crippen LogP) is 1.15. The quantitative estimate of drug-likeness (QED) is 0.816. The Hall–Kier alpha value is -1.11. The molecule has 1 N–H and O–H groups in total. The summed E-state index contributed by atoms with van der Waals surface area (Å²) in [4.78, 5) is 2.31. The molecule has 0 fully saturated rings. The number of hydrogen-bond donors (Lipinski definition) is 1. The monoisotopic (exact) mass is 286 g/mol. The molecule has 108 valence electrons. The van der Waals surface area contributed by atoms with Crippen LogP contribution in [0.25, 0.3) is 0 Å². The molecule has 0 amide bonds. The second kappa shape index (κ2) is 6.88. The molecule has 0 bridgehead atoms. The molecule has 1 rings (SSSR count). The molecule has 0 atom stereocenters. The summed E-state index contributed by atoms with van der Waals surface area (Å²) in [5.41, 5.74) is 0.925. The highest BCUT2D eigenvalue weighted by Gasteiger charge is 2.17. The molecule has 0 unspecified atom stereocenters. The summed E-state index contributed by atoms with van der Waals surface area (Å²) in [5, 5.41) is 9.04. The molecule has 1 aromatic carbocycles. The zero-order chi connectivity index (χ0) is 14.5. The first-order valence-electron chi connectivity index (χ1n) is 6.32. The molecule has 19 heavy (non-hydrogen) atoms. The van der Waals surface area contributed by atoms with E-state index in [1.165, 1.54) is 18.4 Å². The molecule has 0 radical (unpaired) electrons. The van der Waals surface area contributed by atoms with Crippen LogP contribution in [-0.2, 0) is 10.0 Å². The van der Waals surface area contributed by atoms with Crippen LogP contribution >= 0.6 is 0 Å². The van der Waals surface area contributed by atoms with Gasteiger partial charge in [-0.15, -0.1) is 0 Å². The largest absolute Gasteiger partial charge is 0.395 e. The summed E-state index contributed by atoms with van der Waals surface area (Å²) in [6.07, 6.45) is 0.970. The Morgan fingerprint density at radius 3 is 2.11 bits per heavy atom. The predicted molar refractivity (Wildman–Crippen MR) is 76.9 cm³/mol. The molecule has 0 aromatic heterocycles. The van der Waals surface area contributed by atoms with Crippen molar-refractivity contribution >= 4 is 15.7 Å². The summed E-state index contributed by atoms with van der Waals surface area (Å²) in [5.74, 6) is 0. The van der Waals surface area contributed by atoms with E-state index < -0.39 is 10.0 Å². The topological polar surface area (TPSA) is 60.9 Å². The molecule has 5 nitrogen and oxygen atoms in total. The Balaban J connectivity index is 2.98. The Morgan fingerprint density at radius 1 is 1.11 bits per heavy atom. The van der Waals surface area contributed by atoms with Gasteiger partial charge >= 0.3 is 0 Å². The summed E-state index contributed by atoms with van der Waals surface area (Å²) in [6.45, 7) is 3.53. The van der Waals surface area contributed by atoms with Gasteiger partial charge in [-0.2, -0.15) is 0 Å². The van der Waals surface area contributed by atoms with Crippen molar-refractivity contribution in [1.29, 1.82) is 0 Å². The van der Waals surface area contributed by atoms with Crippen molar-refractivity contribution in [2.45, 2.75) is 18.2 Å². The van der Waals surface area contributed by atoms with Crippen LogP contribution in [0.5, 0.6) is 0 Å². The van der Waals surface area contributed by atoms with Gasteiger partial charge in [0.05, 0.1) is 11.5 Å². The average Bonchev–Trinajstić information content (AvgIpc) is 2.38. The van der Waals surface area contributed by atoms with Crippen LogP contribution in [0.3, 0.4) is 0 Å². The van der Waals surface area contributed by atoms with Gasteiger partial charge in [0.1, 0.15) is 0 Å². The highest BCUT2D eigenvalue weighted by molar-refractivity contribution is 7.89. The van der Waals surface area contributed by atoms with E-state index in [1.54, 1.807) is 24.3 Å². The molecule has 6 heteroatoms. The van der Waals surface area contributed by atoms with E-state index >= 15 is 0 Å². The lowest BCUT2D eigenvalue weighted by Gasteiger charge is -2.23. The van der Waals surface area contributed by atoms with Gasteiger partial charge in [0.2, 0.25) is 10.0 Å². The lowest BCUT2D eigenvalue weighted by atomic mass is 10.2. The van der Waals surface area contributed by atoms with Crippen LogP contribution in [0, 0.1) is 0 Å². The molecule has 0 heterocycles. The van der Waals surface area contributed by atoms with E-state index in [4.69, 9.17) is 5.11 Å². The van der Waals surface area contributed by atoms with E-state index in [2.05, 4.69) is 6.92 Å². The smallest absolute Gasteiger partial charge is 0.242 e. The van der Waals surface area contributed by atoms with Gasteiger partial charge in [-0.05, 0) is 30.7 Å². The standard InChI is InChI=1S/C13H22N2O3S/c1-4-9-15(10-11-16)12-5-7-13(8-6-12)19(17,18)14(2)3/h5-8,16H,4,9-11H2,1-3H3. The van der Waals surface area contributed by atoms with Gasteiger partial charge in [0.15, 0.2) is 0 Å². The van der Waals surface area contributed by atoms with Crippen molar-refractivity contribution in [1.82, 2.24) is 4.31 Å². The number of sulfonamides is 1. The molecular weight excluding hydrogens is 264 g/mol. The maximum atomic E-state index is 11.9. The number of rotatable bonds is 7. The van der Waals surface area contributed by atoms with Crippen LogP contribution < -0.4 is 4.90 Å². The first kappa shape index (κ1) is 15.9. The number of nitrogens with zero attached hydrogens (tertiary/aromatic N) is 2. The minimum atomic E-state index is -3.38. The number of aliphatic hydroxyl groups is 1. The first-order chi connectivity index (χ1) is 8.93. The van der Waals surface area contributed by atoms with E-state index in [-0.39, 0.29) is 11.5 Å². The first-order valence-corrected chi connectivity index (χ1v) is 7.76. The number of hydrogen-bond acceptors (Lipinski definition) is 4. The second-order valence-electron chi connectivity index (χ2n) is 4.49. The van der Waals surface area contributed by atoms with Crippen LogP contribution in [0.15, 0.2) is 29.2 Å². The van der Waals surface area contributed by atoms with Crippen LogP contribution in [0.2, 0.25) is 0 Å². The summed E-state index contributed by atoms with van der Waals surface area (Å²) in [6, 6.07) is 6.76. The van der Waals surface area contributed by atoms with E-state index in [1.807, 2.05) is 4.90 Å². The van der Waals surface area contributed by atoms with Crippen molar-refractivity contribution in [3.63, 3.8) is 0 Å². The lowest BCUT2D eigenvalue weighted by Crippen LogP contribution is -2.27. The second-order valence-corrected chi connectivity index (χ2v) is 6.64. The van der Waals surface area contributed by atoms with Crippen molar-refractivity contribution in [3.8, 4) is 0 Å². The number of anilines is 1. The fourth-order valence-corrected chi connectivity index (χ4v) is 2.70. The van der Waals surface area contributed by atoms with E-state index in [0.29, 0.717) is 6.54 Å². The van der Waals surface area contributed by atoms with Crippen LogP contribution in [0.1, 0.15) is 13.3 Å². The maximum absolute atomic E-state index is 11.9. The molecule has 0 aliphatic carbocycles. The maximum Gasteiger partial charge on any atom is 0.242 e. The Labute approximate surface area is 115 Å². The van der Waals surface area contributed by atoms with Crippen molar-refractivity contribution < 1.29 is 13.5 Å². The third-order valence-electron chi connectivity index (χ3n) is 2.84. The van der Waals surface area contributed by atoms with Crippen molar-refractivity contribution in [2.75, 3.05) is 38.7 Å². The Bertz CT molecular complexity index is 477. The van der Waals surface area contributed by atoms with E-state index in [9.17, 15) is 8.42 Å². The molecule has 0 saturated carbocycles. The summed E-state index contributed by atoms with van der Waals surface area (Å²) >= 11 is 0. The molecule has 1 aromatic rings. The SMILES string of the molecule is CCCN(CCO)c1ccc(S(=O)(=O)N(C)C)cc1. The van der Waals surface area contributed by atoms with Gasteiger partial charge in [0.25, 0.3) is 0 Å². The zero-order valence-corrected chi connectivity index (χ0v) is 12.5. The fraction of sp³-hybridized carbons (Fsp3) is 0.538. The molecule has 0 aliphatic rings. The number of aliphatic hydroxyl groups excluding tert-OH is 1. The molecule has 0 saturated heterocycles. The van der Waals surface area contributed by atoms with Gasteiger partial charge in [-0.3, -0.25) is 0 Å². The summed E-state index contributed by atoms with van der Waals surface area (Å²) in [7, 11) is -0.354. The van der Waals surface area contributed by atoms with Gasteiger partial charge in [-0.1, -0.05) is 6.92 Å². The zero-order valence-electron chi connectivity index (χ0n) is 11.7. The highest BCUT2D eigenvalue weighted by Crippen LogP contribution is 2.19. The third kappa shape index (κ3) is 3.92.